The fourth-order valence-electron chi connectivity index (χ4n) is 1.83. The van der Waals surface area contributed by atoms with Crippen LogP contribution in [-0.4, -0.2) is 27.0 Å². The van der Waals surface area contributed by atoms with E-state index in [0.29, 0.717) is 12.2 Å². The number of aromatic nitrogens is 4. The molecule has 22 heavy (non-hydrogen) atoms. The van der Waals surface area contributed by atoms with Crippen molar-refractivity contribution >= 4 is 0 Å². The van der Waals surface area contributed by atoms with Crippen LogP contribution < -0.4 is 0 Å². The molecule has 122 valence electrons. The van der Waals surface area contributed by atoms with Crippen LogP contribution in [0.2, 0.25) is 0 Å². The molecule has 0 saturated heterocycles. The highest BCUT2D eigenvalue weighted by Crippen LogP contribution is 2.30. The highest BCUT2D eigenvalue weighted by molar-refractivity contribution is 5.06. The Balaban J connectivity index is 2.26. The molecular formula is C13H17F3N4O2. The van der Waals surface area contributed by atoms with E-state index in [-0.39, 0.29) is 5.89 Å². The predicted octanol–water partition coefficient (Wildman–Crippen LogP) is 3.17. The molecule has 2 aromatic rings. The van der Waals surface area contributed by atoms with Gasteiger partial charge in [0.05, 0.1) is 0 Å². The molecule has 0 N–H and O–H groups in total. The van der Waals surface area contributed by atoms with Gasteiger partial charge in [0.2, 0.25) is 5.82 Å². The van der Waals surface area contributed by atoms with Gasteiger partial charge < -0.3 is 9.26 Å². The van der Waals surface area contributed by atoms with Crippen LogP contribution in [0.1, 0.15) is 50.6 Å². The summed E-state index contributed by atoms with van der Waals surface area (Å²) in [5.74, 6) is 0.520. The van der Waals surface area contributed by atoms with Crippen molar-refractivity contribution in [3.05, 3.63) is 29.7 Å². The SMILES string of the molecule is CCC(C)(OC)c1noc(C(C)n2ccc(C(F)(F)F)n2)n1. The Kier molecular flexibility index (Phi) is 4.28. The Morgan fingerprint density at radius 1 is 1.41 bits per heavy atom. The minimum atomic E-state index is -4.48. The van der Waals surface area contributed by atoms with Crippen LogP contribution in [0.25, 0.3) is 0 Å². The lowest BCUT2D eigenvalue weighted by molar-refractivity contribution is -0.141. The van der Waals surface area contributed by atoms with Gasteiger partial charge in [0.25, 0.3) is 5.89 Å². The van der Waals surface area contributed by atoms with E-state index < -0.39 is 23.5 Å². The largest absolute Gasteiger partial charge is 0.435 e. The third-order valence-electron chi connectivity index (χ3n) is 3.69. The van der Waals surface area contributed by atoms with Crippen LogP contribution in [-0.2, 0) is 16.5 Å². The quantitative estimate of drug-likeness (QED) is 0.847. The molecule has 0 fully saturated rings. The van der Waals surface area contributed by atoms with Crippen molar-refractivity contribution in [2.75, 3.05) is 7.11 Å². The average molecular weight is 318 g/mol. The first-order valence-corrected chi connectivity index (χ1v) is 6.73. The summed E-state index contributed by atoms with van der Waals surface area (Å²) in [4.78, 5) is 4.23. The van der Waals surface area contributed by atoms with Crippen LogP contribution in [0.15, 0.2) is 16.8 Å². The van der Waals surface area contributed by atoms with Gasteiger partial charge in [0, 0.05) is 13.3 Å². The normalized spacial score (nSPS) is 16.5. The summed E-state index contributed by atoms with van der Waals surface area (Å²) in [5, 5.41) is 7.36. The molecule has 0 bridgehead atoms. The number of nitrogens with zero attached hydrogens (tertiary/aromatic N) is 4. The van der Waals surface area contributed by atoms with Crippen molar-refractivity contribution in [1.82, 2.24) is 19.9 Å². The lowest BCUT2D eigenvalue weighted by Crippen LogP contribution is -2.25. The number of ether oxygens (including phenoxy) is 1. The van der Waals surface area contributed by atoms with E-state index in [1.807, 2.05) is 13.8 Å². The molecule has 0 spiro atoms. The Morgan fingerprint density at radius 2 is 2.09 bits per heavy atom. The van der Waals surface area contributed by atoms with Crippen LogP contribution in [0.4, 0.5) is 13.2 Å². The number of halogens is 3. The summed E-state index contributed by atoms with van der Waals surface area (Å²) in [6, 6.07) is 0.286. The van der Waals surface area contributed by atoms with Crippen LogP contribution in [0, 0.1) is 0 Å². The van der Waals surface area contributed by atoms with Gasteiger partial charge in [-0.15, -0.1) is 0 Å². The maximum Gasteiger partial charge on any atom is 0.435 e. The minimum absolute atomic E-state index is 0.170. The predicted molar refractivity (Wildman–Crippen MR) is 70.0 cm³/mol. The van der Waals surface area contributed by atoms with Crippen molar-refractivity contribution in [3.8, 4) is 0 Å². The molecule has 9 heteroatoms. The molecule has 2 aromatic heterocycles. The van der Waals surface area contributed by atoms with Gasteiger partial charge in [-0.1, -0.05) is 12.1 Å². The molecule has 2 heterocycles. The zero-order chi connectivity index (χ0) is 16.5. The second-order valence-corrected chi connectivity index (χ2v) is 5.10. The van der Waals surface area contributed by atoms with E-state index in [0.717, 1.165) is 10.7 Å². The van der Waals surface area contributed by atoms with Gasteiger partial charge >= 0.3 is 6.18 Å². The fraction of sp³-hybridized carbons (Fsp3) is 0.615. The topological polar surface area (TPSA) is 66.0 Å². The summed E-state index contributed by atoms with van der Waals surface area (Å²) in [6.07, 6.45) is -2.63. The molecule has 0 radical (unpaired) electrons. The molecule has 0 aliphatic rings. The van der Waals surface area contributed by atoms with Gasteiger partial charge in [-0.2, -0.15) is 23.3 Å². The standard InChI is InChI=1S/C13H17F3N4O2/c1-5-12(3,21-4)11-17-10(22-19-11)8(2)20-7-6-9(18-20)13(14,15)16/h6-8H,5H2,1-4H3. The minimum Gasteiger partial charge on any atom is -0.370 e. The lowest BCUT2D eigenvalue weighted by Gasteiger charge is -2.21. The smallest absolute Gasteiger partial charge is 0.370 e. The molecule has 0 amide bonds. The molecule has 2 unspecified atom stereocenters. The number of alkyl halides is 3. The van der Waals surface area contributed by atoms with Crippen LogP contribution in [0.3, 0.4) is 0 Å². The Hall–Kier alpha value is -1.90. The molecule has 0 aromatic carbocycles. The van der Waals surface area contributed by atoms with E-state index >= 15 is 0 Å². The third kappa shape index (κ3) is 2.99. The van der Waals surface area contributed by atoms with Crippen molar-refractivity contribution in [2.45, 2.75) is 45.0 Å². The molecule has 0 aliphatic carbocycles. The van der Waals surface area contributed by atoms with Crippen molar-refractivity contribution in [1.29, 1.82) is 0 Å². The number of rotatable bonds is 5. The van der Waals surface area contributed by atoms with Crippen LogP contribution in [0.5, 0.6) is 0 Å². The van der Waals surface area contributed by atoms with Crippen LogP contribution >= 0.6 is 0 Å². The van der Waals surface area contributed by atoms with Gasteiger partial charge in [-0.3, -0.25) is 4.68 Å². The molecule has 0 saturated carbocycles. The van der Waals surface area contributed by atoms with E-state index in [2.05, 4.69) is 15.2 Å². The first kappa shape index (κ1) is 16.5. The number of methoxy groups -OCH3 is 1. The molecular weight excluding hydrogens is 301 g/mol. The maximum atomic E-state index is 12.6. The molecule has 2 rings (SSSR count). The van der Waals surface area contributed by atoms with Crippen molar-refractivity contribution in [2.24, 2.45) is 0 Å². The Labute approximate surface area is 125 Å². The van der Waals surface area contributed by atoms with E-state index in [1.54, 1.807) is 6.92 Å². The highest BCUT2D eigenvalue weighted by atomic mass is 19.4. The van der Waals surface area contributed by atoms with E-state index in [4.69, 9.17) is 9.26 Å². The summed E-state index contributed by atoms with van der Waals surface area (Å²) in [7, 11) is 1.53. The first-order chi connectivity index (χ1) is 10.2. The molecule has 6 nitrogen and oxygen atoms in total. The average Bonchev–Trinajstić information content (AvgIpc) is 3.14. The second-order valence-electron chi connectivity index (χ2n) is 5.10. The van der Waals surface area contributed by atoms with Gasteiger partial charge in [-0.05, 0) is 26.3 Å². The molecule has 2 atom stereocenters. The first-order valence-electron chi connectivity index (χ1n) is 6.73. The number of hydrogen-bond acceptors (Lipinski definition) is 5. The zero-order valence-corrected chi connectivity index (χ0v) is 12.7. The lowest BCUT2D eigenvalue weighted by atomic mass is 10.0. The third-order valence-corrected chi connectivity index (χ3v) is 3.69. The maximum absolute atomic E-state index is 12.6. The van der Waals surface area contributed by atoms with Crippen molar-refractivity contribution in [3.63, 3.8) is 0 Å². The second kappa shape index (κ2) is 5.71. The zero-order valence-electron chi connectivity index (χ0n) is 12.7. The summed E-state index contributed by atoms with van der Waals surface area (Å²) >= 11 is 0. The Morgan fingerprint density at radius 3 is 2.59 bits per heavy atom. The van der Waals surface area contributed by atoms with E-state index in [1.165, 1.54) is 13.3 Å². The Bertz CT molecular complexity index is 631. The van der Waals surface area contributed by atoms with Gasteiger partial charge in [0.15, 0.2) is 5.69 Å². The summed E-state index contributed by atoms with van der Waals surface area (Å²) in [6.45, 7) is 5.34. The summed E-state index contributed by atoms with van der Waals surface area (Å²) < 4.78 is 49.4. The summed E-state index contributed by atoms with van der Waals surface area (Å²) in [5.41, 5.74) is -1.67. The fourth-order valence-corrected chi connectivity index (χ4v) is 1.83. The van der Waals surface area contributed by atoms with Crippen molar-refractivity contribution < 1.29 is 22.4 Å². The van der Waals surface area contributed by atoms with Gasteiger partial charge in [0.1, 0.15) is 11.6 Å². The monoisotopic (exact) mass is 318 g/mol. The molecule has 0 aliphatic heterocycles. The van der Waals surface area contributed by atoms with Gasteiger partial charge in [-0.25, -0.2) is 0 Å². The number of hydrogen-bond donors (Lipinski definition) is 0. The van der Waals surface area contributed by atoms with E-state index in [9.17, 15) is 13.2 Å². The highest BCUT2D eigenvalue weighted by Gasteiger charge is 2.35.